The number of hydrogen-bond donors (Lipinski definition) is 2. The molecule has 0 aliphatic heterocycles. The first-order chi connectivity index (χ1) is 9.40. The number of aromatic hydroxyl groups is 2. The molecule has 110 valence electrons. The molecule has 0 amide bonds. The van der Waals surface area contributed by atoms with Gasteiger partial charge in [0, 0.05) is 24.6 Å². The molecule has 0 spiro atoms. The summed E-state index contributed by atoms with van der Waals surface area (Å²) in [5.74, 6) is -1.80. The Kier molecular flexibility index (Phi) is 5.45. The molecule has 7 heteroatoms. The number of benzene rings is 1. The van der Waals surface area contributed by atoms with Crippen LogP contribution in [0, 0.1) is 10.1 Å². The van der Waals surface area contributed by atoms with Gasteiger partial charge in [-0.25, -0.2) is 0 Å². The van der Waals surface area contributed by atoms with Gasteiger partial charge in [0.05, 0.1) is 4.92 Å². The van der Waals surface area contributed by atoms with Crippen molar-refractivity contribution < 1.29 is 19.9 Å². The molecule has 20 heavy (non-hydrogen) atoms. The predicted molar refractivity (Wildman–Crippen MR) is 73.2 cm³/mol. The second-order valence-electron chi connectivity index (χ2n) is 4.32. The number of phenolic OH excluding ortho intramolecular Hbond substituents is 2. The minimum Gasteiger partial charge on any atom is -0.504 e. The van der Waals surface area contributed by atoms with Crippen molar-refractivity contribution in [1.82, 2.24) is 4.90 Å². The summed E-state index contributed by atoms with van der Waals surface area (Å²) in [5, 5.41) is 29.5. The van der Waals surface area contributed by atoms with Crippen molar-refractivity contribution in [3.8, 4) is 11.5 Å². The van der Waals surface area contributed by atoms with Gasteiger partial charge in [0.1, 0.15) is 0 Å². The molecule has 0 saturated carbocycles. The third kappa shape index (κ3) is 3.67. The van der Waals surface area contributed by atoms with Gasteiger partial charge in [-0.1, -0.05) is 13.8 Å². The van der Waals surface area contributed by atoms with Crippen molar-refractivity contribution in [3.63, 3.8) is 0 Å². The van der Waals surface area contributed by atoms with Crippen LogP contribution >= 0.6 is 0 Å². The number of carbonyl (C=O) groups excluding carboxylic acids is 1. The van der Waals surface area contributed by atoms with Crippen LogP contribution in [-0.4, -0.2) is 45.5 Å². The van der Waals surface area contributed by atoms with Crippen LogP contribution in [0.2, 0.25) is 0 Å². The highest BCUT2D eigenvalue weighted by molar-refractivity contribution is 5.97. The molecular weight excluding hydrogens is 264 g/mol. The van der Waals surface area contributed by atoms with Crippen LogP contribution in [0.25, 0.3) is 0 Å². The van der Waals surface area contributed by atoms with Crippen LogP contribution in [0.15, 0.2) is 12.1 Å². The van der Waals surface area contributed by atoms with Crippen molar-refractivity contribution in [2.45, 2.75) is 20.3 Å². The maximum Gasteiger partial charge on any atom is 0.315 e. The van der Waals surface area contributed by atoms with Crippen LogP contribution < -0.4 is 0 Å². The highest BCUT2D eigenvalue weighted by Crippen LogP contribution is 2.36. The predicted octanol–water partition coefficient (Wildman–Crippen LogP) is 1.92. The molecule has 0 fully saturated rings. The van der Waals surface area contributed by atoms with E-state index in [2.05, 4.69) is 0 Å². The van der Waals surface area contributed by atoms with Gasteiger partial charge in [-0.05, 0) is 19.2 Å². The number of nitrogens with zero attached hydrogens (tertiary/aromatic N) is 2. The quantitative estimate of drug-likeness (QED) is 0.343. The topological polar surface area (TPSA) is 104 Å². The summed E-state index contributed by atoms with van der Waals surface area (Å²) in [5.41, 5.74) is -0.643. The van der Waals surface area contributed by atoms with Gasteiger partial charge in [-0.2, -0.15) is 0 Å². The van der Waals surface area contributed by atoms with E-state index in [0.29, 0.717) is 6.54 Å². The number of hydrogen-bond acceptors (Lipinski definition) is 6. The lowest BCUT2D eigenvalue weighted by Gasteiger charge is -2.17. The number of nitro benzene ring substituents is 1. The Bertz CT molecular complexity index is 512. The van der Waals surface area contributed by atoms with Crippen molar-refractivity contribution in [1.29, 1.82) is 0 Å². The minimum absolute atomic E-state index is 0.0270. The molecular formula is C13H18N2O5. The van der Waals surface area contributed by atoms with Gasteiger partial charge in [-0.3, -0.25) is 14.9 Å². The largest absolute Gasteiger partial charge is 0.504 e. The van der Waals surface area contributed by atoms with Crippen molar-refractivity contribution in [2.75, 3.05) is 19.6 Å². The van der Waals surface area contributed by atoms with E-state index in [1.165, 1.54) is 0 Å². The fraction of sp³-hybridized carbons (Fsp3) is 0.462. The fourth-order valence-corrected chi connectivity index (χ4v) is 1.85. The van der Waals surface area contributed by atoms with Gasteiger partial charge in [0.2, 0.25) is 5.75 Å². The van der Waals surface area contributed by atoms with E-state index in [1.54, 1.807) is 0 Å². The van der Waals surface area contributed by atoms with E-state index < -0.39 is 22.1 Å². The highest BCUT2D eigenvalue weighted by Gasteiger charge is 2.21. The molecule has 0 saturated heterocycles. The van der Waals surface area contributed by atoms with Crippen molar-refractivity contribution >= 4 is 11.5 Å². The summed E-state index contributed by atoms with van der Waals surface area (Å²) in [7, 11) is 0. The molecule has 0 unspecified atom stereocenters. The lowest BCUT2D eigenvalue weighted by molar-refractivity contribution is -0.386. The first-order valence-corrected chi connectivity index (χ1v) is 6.36. The third-order valence-electron chi connectivity index (χ3n) is 3.14. The van der Waals surface area contributed by atoms with Gasteiger partial charge in [0.25, 0.3) is 0 Å². The molecule has 1 aromatic carbocycles. The lowest BCUT2D eigenvalue weighted by atomic mass is 10.1. The van der Waals surface area contributed by atoms with Crippen LogP contribution in [0.1, 0.15) is 30.6 Å². The Balaban J connectivity index is 2.91. The number of rotatable bonds is 7. The van der Waals surface area contributed by atoms with Crippen LogP contribution in [0.3, 0.4) is 0 Å². The van der Waals surface area contributed by atoms with Gasteiger partial charge in [-0.15, -0.1) is 0 Å². The maximum absolute atomic E-state index is 12.0. The Morgan fingerprint density at radius 3 is 2.40 bits per heavy atom. The summed E-state index contributed by atoms with van der Waals surface area (Å²) < 4.78 is 0. The number of nitro groups is 1. The van der Waals surface area contributed by atoms with Crippen molar-refractivity contribution in [3.05, 3.63) is 27.8 Å². The lowest BCUT2D eigenvalue weighted by Crippen LogP contribution is -2.25. The van der Waals surface area contributed by atoms with Crippen LogP contribution in [0.4, 0.5) is 5.69 Å². The molecule has 2 N–H and O–H groups in total. The average Bonchev–Trinajstić information content (AvgIpc) is 2.42. The Morgan fingerprint density at radius 2 is 1.90 bits per heavy atom. The van der Waals surface area contributed by atoms with Gasteiger partial charge >= 0.3 is 5.69 Å². The molecule has 0 bridgehead atoms. The minimum atomic E-state index is -0.837. The molecule has 7 nitrogen and oxygen atoms in total. The van der Waals surface area contributed by atoms with E-state index >= 15 is 0 Å². The summed E-state index contributed by atoms with van der Waals surface area (Å²) in [6, 6.07) is 2.03. The van der Waals surface area contributed by atoms with Gasteiger partial charge in [0.15, 0.2) is 11.5 Å². The smallest absolute Gasteiger partial charge is 0.315 e. The van der Waals surface area contributed by atoms with E-state index in [9.17, 15) is 25.1 Å². The van der Waals surface area contributed by atoms with E-state index in [0.717, 1.165) is 25.2 Å². The standard InChI is InChI=1S/C13H18N2O5/c1-3-14(4-2)6-5-11(16)9-7-10(15(19)20)13(18)12(17)8-9/h7-8,17-18H,3-6H2,1-2H3. The zero-order valence-electron chi connectivity index (χ0n) is 11.5. The molecule has 0 atom stereocenters. The van der Waals surface area contributed by atoms with Crippen LogP contribution in [-0.2, 0) is 0 Å². The third-order valence-corrected chi connectivity index (χ3v) is 3.14. The molecule has 1 rings (SSSR count). The summed E-state index contributed by atoms with van der Waals surface area (Å²) in [4.78, 5) is 23.9. The van der Waals surface area contributed by atoms with Crippen molar-refractivity contribution in [2.24, 2.45) is 0 Å². The number of Topliss-reactive ketones (excluding diaryl/α,β-unsaturated/α-hetero) is 1. The monoisotopic (exact) mass is 282 g/mol. The number of carbonyl (C=O) groups is 1. The molecule has 0 aliphatic carbocycles. The highest BCUT2D eigenvalue weighted by atomic mass is 16.6. The van der Waals surface area contributed by atoms with E-state index in [-0.39, 0.29) is 17.8 Å². The molecule has 0 radical (unpaired) electrons. The molecule has 1 aromatic rings. The van der Waals surface area contributed by atoms with E-state index in [4.69, 9.17) is 0 Å². The normalized spacial score (nSPS) is 10.8. The summed E-state index contributed by atoms with van der Waals surface area (Å²) in [6.45, 7) is 6.12. The fourth-order valence-electron chi connectivity index (χ4n) is 1.85. The molecule has 0 heterocycles. The Hall–Kier alpha value is -2.15. The second kappa shape index (κ2) is 6.85. The van der Waals surface area contributed by atoms with Crippen LogP contribution in [0.5, 0.6) is 11.5 Å². The maximum atomic E-state index is 12.0. The Morgan fingerprint density at radius 1 is 1.30 bits per heavy atom. The number of phenols is 2. The zero-order valence-corrected chi connectivity index (χ0v) is 11.5. The molecule has 0 aliphatic rings. The summed E-state index contributed by atoms with van der Waals surface area (Å²) in [6.07, 6.45) is 0.197. The average molecular weight is 282 g/mol. The molecule has 0 aromatic heterocycles. The first-order valence-electron chi connectivity index (χ1n) is 6.36. The Labute approximate surface area is 116 Å². The SMILES string of the molecule is CCN(CC)CCC(=O)c1cc(O)c(O)c([N+](=O)[O-])c1. The first kappa shape index (κ1) is 15.9. The summed E-state index contributed by atoms with van der Waals surface area (Å²) >= 11 is 0. The van der Waals surface area contributed by atoms with E-state index in [1.807, 2.05) is 18.7 Å². The number of ketones is 1. The second-order valence-corrected chi connectivity index (χ2v) is 4.32. The van der Waals surface area contributed by atoms with Gasteiger partial charge < -0.3 is 15.1 Å². The zero-order chi connectivity index (χ0) is 15.3.